The van der Waals surface area contributed by atoms with Crippen LogP contribution in [0.4, 0.5) is 5.82 Å². The van der Waals surface area contributed by atoms with Gasteiger partial charge in [0.15, 0.2) is 5.82 Å². The van der Waals surface area contributed by atoms with E-state index in [1.807, 2.05) is 6.07 Å². The number of carbonyl (C=O) groups is 1. The van der Waals surface area contributed by atoms with Crippen LogP contribution in [0.2, 0.25) is 0 Å². The van der Waals surface area contributed by atoms with Gasteiger partial charge in [-0.25, -0.2) is 0 Å². The molecule has 6 heteroatoms. The van der Waals surface area contributed by atoms with Gasteiger partial charge in [0.25, 0.3) is 0 Å². The van der Waals surface area contributed by atoms with Crippen LogP contribution >= 0.6 is 12.4 Å². The molecule has 0 aromatic carbocycles. The van der Waals surface area contributed by atoms with Crippen molar-refractivity contribution in [2.75, 3.05) is 18.4 Å². The van der Waals surface area contributed by atoms with Crippen molar-refractivity contribution >= 4 is 24.1 Å². The second kappa shape index (κ2) is 8.69. The Morgan fingerprint density at radius 3 is 2.65 bits per heavy atom. The lowest BCUT2D eigenvalue weighted by molar-refractivity contribution is -0.117. The van der Waals surface area contributed by atoms with E-state index in [4.69, 9.17) is 0 Å². The fourth-order valence-corrected chi connectivity index (χ4v) is 3.15. The Morgan fingerprint density at radius 1 is 1.39 bits per heavy atom. The highest BCUT2D eigenvalue weighted by atomic mass is 35.5. The van der Waals surface area contributed by atoms with E-state index >= 15 is 0 Å². The number of aromatic nitrogens is 2. The highest BCUT2D eigenvalue weighted by Gasteiger charge is 2.22. The van der Waals surface area contributed by atoms with Crippen LogP contribution in [0.5, 0.6) is 0 Å². The van der Waals surface area contributed by atoms with E-state index in [9.17, 15) is 4.79 Å². The molecule has 0 spiro atoms. The zero-order valence-corrected chi connectivity index (χ0v) is 15.6. The van der Waals surface area contributed by atoms with Gasteiger partial charge in [0, 0.05) is 18.2 Å². The second-order valence-electron chi connectivity index (χ2n) is 7.83. The number of nitrogens with zero attached hydrogens (tertiary/aromatic N) is 1. The van der Waals surface area contributed by atoms with E-state index in [2.05, 4.69) is 48.5 Å². The standard InChI is InChI=1S/C17H30N4O.ClH/c1-12(13-5-7-18-8-6-13)9-16(22)19-15-10-14(20-21-15)11-17(2,3)4;/h10,12-13,18H,5-9,11H2,1-4H3,(H2,19,20,21,22);1H. The lowest BCUT2D eigenvalue weighted by Gasteiger charge is -2.27. The van der Waals surface area contributed by atoms with Crippen molar-refractivity contribution in [1.29, 1.82) is 0 Å². The number of aromatic amines is 1. The Morgan fingerprint density at radius 2 is 2.04 bits per heavy atom. The van der Waals surface area contributed by atoms with Crippen LogP contribution in [0.3, 0.4) is 0 Å². The molecule has 0 aliphatic carbocycles. The number of anilines is 1. The lowest BCUT2D eigenvalue weighted by atomic mass is 9.84. The average Bonchev–Trinajstić information content (AvgIpc) is 2.84. The topological polar surface area (TPSA) is 69.8 Å². The van der Waals surface area contributed by atoms with Crippen LogP contribution < -0.4 is 10.6 Å². The Kier molecular flexibility index (Phi) is 7.55. The number of hydrogen-bond donors (Lipinski definition) is 3. The first kappa shape index (κ1) is 20.0. The van der Waals surface area contributed by atoms with Crippen molar-refractivity contribution in [3.8, 4) is 0 Å². The van der Waals surface area contributed by atoms with Crippen LogP contribution in [0, 0.1) is 17.3 Å². The fourth-order valence-electron chi connectivity index (χ4n) is 3.15. The Labute approximate surface area is 145 Å². The summed E-state index contributed by atoms with van der Waals surface area (Å²) in [6.07, 6.45) is 3.84. The number of piperidine rings is 1. The maximum absolute atomic E-state index is 12.2. The van der Waals surface area contributed by atoms with E-state index < -0.39 is 0 Å². The molecule has 1 unspecified atom stereocenters. The summed E-state index contributed by atoms with van der Waals surface area (Å²) in [6, 6.07) is 1.94. The first-order valence-electron chi connectivity index (χ1n) is 8.38. The first-order valence-corrected chi connectivity index (χ1v) is 8.38. The number of carbonyl (C=O) groups excluding carboxylic acids is 1. The SMILES string of the molecule is CC(CC(=O)Nc1cc(CC(C)(C)C)[nH]n1)C1CCNCC1.Cl. The minimum absolute atomic E-state index is 0. The highest BCUT2D eigenvalue weighted by Crippen LogP contribution is 2.25. The van der Waals surface area contributed by atoms with E-state index in [-0.39, 0.29) is 23.7 Å². The van der Waals surface area contributed by atoms with Crippen molar-refractivity contribution in [3.63, 3.8) is 0 Å². The summed E-state index contributed by atoms with van der Waals surface area (Å²) in [7, 11) is 0. The minimum atomic E-state index is 0. The van der Waals surface area contributed by atoms with Crippen molar-refractivity contribution in [1.82, 2.24) is 15.5 Å². The van der Waals surface area contributed by atoms with Gasteiger partial charge in [-0.1, -0.05) is 27.7 Å². The number of H-pyrrole nitrogens is 1. The molecule has 3 N–H and O–H groups in total. The van der Waals surface area contributed by atoms with E-state index in [1.54, 1.807) is 0 Å². The molecule has 0 bridgehead atoms. The molecule has 132 valence electrons. The molecule has 0 saturated carbocycles. The molecular weight excluding hydrogens is 312 g/mol. The molecule has 2 heterocycles. The minimum Gasteiger partial charge on any atom is -0.317 e. The van der Waals surface area contributed by atoms with Gasteiger partial charge in [-0.2, -0.15) is 5.10 Å². The molecule has 0 radical (unpaired) electrons. The van der Waals surface area contributed by atoms with Crippen molar-refractivity contribution < 1.29 is 4.79 Å². The van der Waals surface area contributed by atoms with Gasteiger partial charge in [0.2, 0.25) is 5.91 Å². The predicted molar refractivity (Wildman–Crippen MR) is 97.0 cm³/mol. The zero-order chi connectivity index (χ0) is 16.2. The van der Waals surface area contributed by atoms with E-state index in [0.717, 1.165) is 25.2 Å². The monoisotopic (exact) mass is 342 g/mol. The number of rotatable bonds is 5. The molecular formula is C17H31ClN4O. The maximum atomic E-state index is 12.2. The molecule has 1 aliphatic heterocycles. The van der Waals surface area contributed by atoms with Crippen molar-refractivity contribution in [2.24, 2.45) is 17.3 Å². The highest BCUT2D eigenvalue weighted by molar-refractivity contribution is 5.89. The molecule has 1 fully saturated rings. The number of amides is 1. The molecule has 2 rings (SSSR count). The van der Waals surface area contributed by atoms with Gasteiger partial charge >= 0.3 is 0 Å². The lowest BCUT2D eigenvalue weighted by Crippen LogP contribution is -2.32. The Bertz CT molecular complexity index is 489. The molecule has 1 aliphatic rings. The molecule has 1 saturated heterocycles. The third kappa shape index (κ3) is 6.92. The predicted octanol–water partition coefficient (Wildman–Crippen LogP) is 3.38. The quantitative estimate of drug-likeness (QED) is 0.768. The summed E-state index contributed by atoms with van der Waals surface area (Å²) < 4.78 is 0. The van der Waals surface area contributed by atoms with Crippen molar-refractivity contribution in [2.45, 2.75) is 53.4 Å². The summed E-state index contributed by atoms with van der Waals surface area (Å²) in [5, 5.41) is 13.5. The third-order valence-corrected chi connectivity index (χ3v) is 4.32. The Hall–Kier alpha value is -1.07. The summed E-state index contributed by atoms with van der Waals surface area (Å²) in [5.41, 5.74) is 1.27. The smallest absolute Gasteiger partial charge is 0.225 e. The summed E-state index contributed by atoms with van der Waals surface area (Å²) in [6.45, 7) is 10.9. The van der Waals surface area contributed by atoms with Gasteiger partial charge in [0.05, 0.1) is 0 Å². The van der Waals surface area contributed by atoms with Crippen LogP contribution in [0.15, 0.2) is 6.07 Å². The first-order chi connectivity index (χ1) is 10.3. The summed E-state index contributed by atoms with van der Waals surface area (Å²) in [4.78, 5) is 12.2. The van der Waals surface area contributed by atoms with Crippen LogP contribution in [0.25, 0.3) is 0 Å². The Balaban J connectivity index is 0.00000264. The number of nitrogens with one attached hydrogen (secondary N) is 3. The summed E-state index contributed by atoms with van der Waals surface area (Å²) in [5.74, 6) is 1.79. The van der Waals surface area contributed by atoms with Crippen LogP contribution in [-0.2, 0) is 11.2 Å². The number of halogens is 1. The largest absolute Gasteiger partial charge is 0.317 e. The summed E-state index contributed by atoms with van der Waals surface area (Å²) >= 11 is 0. The average molecular weight is 343 g/mol. The van der Waals surface area contributed by atoms with Crippen LogP contribution in [-0.4, -0.2) is 29.2 Å². The third-order valence-electron chi connectivity index (χ3n) is 4.32. The van der Waals surface area contributed by atoms with E-state index in [1.165, 1.54) is 12.8 Å². The van der Waals surface area contributed by atoms with Gasteiger partial charge in [-0.3, -0.25) is 9.89 Å². The molecule has 1 aromatic rings. The fraction of sp³-hybridized carbons (Fsp3) is 0.765. The molecule has 1 amide bonds. The van der Waals surface area contributed by atoms with Crippen LogP contribution in [0.1, 0.15) is 52.7 Å². The normalized spacial score (nSPS) is 17.4. The zero-order valence-electron chi connectivity index (χ0n) is 14.7. The number of hydrogen-bond acceptors (Lipinski definition) is 3. The maximum Gasteiger partial charge on any atom is 0.225 e. The molecule has 1 atom stereocenters. The molecule has 5 nitrogen and oxygen atoms in total. The van der Waals surface area contributed by atoms with Gasteiger partial charge in [-0.05, 0) is 49.6 Å². The van der Waals surface area contributed by atoms with E-state index in [0.29, 0.717) is 24.1 Å². The second-order valence-corrected chi connectivity index (χ2v) is 7.83. The molecule has 1 aromatic heterocycles. The molecule has 23 heavy (non-hydrogen) atoms. The van der Waals surface area contributed by atoms with Gasteiger partial charge < -0.3 is 10.6 Å². The van der Waals surface area contributed by atoms with Gasteiger partial charge in [0.1, 0.15) is 0 Å². The van der Waals surface area contributed by atoms with Crippen molar-refractivity contribution in [3.05, 3.63) is 11.8 Å². The van der Waals surface area contributed by atoms with Gasteiger partial charge in [-0.15, -0.1) is 12.4 Å².